The highest BCUT2D eigenvalue weighted by Gasteiger charge is 2.44. The van der Waals surface area contributed by atoms with E-state index in [1.54, 1.807) is 21.0 Å². The van der Waals surface area contributed by atoms with Gasteiger partial charge in [-0.3, -0.25) is 0 Å². The second kappa shape index (κ2) is 5.95. The van der Waals surface area contributed by atoms with Crippen molar-refractivity contribution >= 4 is 17.4 Å². The lowest BCUT2D eigenvalue weighted by molar-refractivity contribution is -0.167. The first-order valence-electron chi connectivity index (χ1n) is 5.88. The molecule has 0 bridgehead atoms. The normalized spacial score (nSPS) is 23.9. The quantitative estimate of drug-likeness (QED) is 0.427. The molecule has 1 aliphatic heterocycles. The van der Waals surface area contributed by atoms with Crippen LogP contribution in [0.4, 0.5) is 0 Å². The maximum atomic E-state index is 11.9. The Balaban J connectivity index is 2.56. The summed E-state index contributed by atoms with van der Waals surface area (Å²) in [7, 11) is 1.55. The molecule has 0 amide bonds. The minimum Gasteiger partial charge on any atom is -0.379 e. The molecule has 0 saturated carbocycles. The average molecular weight is 256 g/mol. The molecule has 1 atom stereocenters. The van der Waals surface area contributed by atoms with Gasteiger partial charge in [-0.15, -0.1) is 0 Å². The lowest BCUT2D eigenvalue weighted by Gasteiger charge is -2.17. The van der Waals surface area contributed by atoms with Crippen LogP contribution in [0.25, 0.3) is 0 Å². The first-order chi connectivity index (χ1) is 8.39. The third-order valence-electron chi connectivity index (χ3n) is 2.62. The topological polar surface area (TPSA) is 69.5 Å². The van der Waals surface area contributed by atoms with Crippen LogP contribution >= 0.6 is 0 Å². The second-order valence-electron chi connectivity index (χ2n) is 4.87. The Morgan fingerprint density at radius 3 is 2.78 bits per heavy atom. The predicted molar refractivity (Wildman–Crippen MR) is 67.5 cm³/mol. The van der Waals surface area contributed by atoms with E-state index in [0.717, 1.165) is 5.71 Å². The van der Waals surface area contributed by atoms with Crippen molar-refractivity contribution in [1.82, 2.24) is 0 Å². The van der Waals surface area contributed by atoms with Crippen molar-refractivity contribution in [2.24, 2.45) is 16.2 Å². The molecular formula is C12H20N2O4. The van der Waals surface area contributed by atoms with Crippen LogP contribution in [0.15, 0.2) is 10.3 Å². The van der Waals surface area contributed by atoms with E-state index in [4.69, 9.17) is 14.4 Å². The summed E-state index contributed by atoms with van der Waals surface area (Å²) in [4.78, 5) is 21.9. The van der Waals surface area contributed by atoms with Crippen molar-refractivity contribution in [3.8, 4) is 0 Å². The third kappa shape index (κ3) is 3.53. The van der Waals surface area contributed by atoms with Crippen LogP contribution in [0.3, 0.4) is 0 Å². The number of oxime groups is 2. The first kappa shape index (κ1) is 14.6. The minimum atomic E-state index is -1.07. The highest BCUT2D eigenvalue weighted by atomic mass is 16.7. The SMILES string of the molecule is COC/C(C)=N/OC(=O)C1(C)CC(C(C)C)=NO1. The molecule has 0 aromatic rings. The van der Waals surface area contributed by atoms with Crippen molar-refractivity contribution in [2.45, 2.75) is 39.7 Å². The third-order valence-corrected chi connectivity index (χ3v) is 2.62. The van der Waals surface area contributed by atoms with Crippen molar-refractivity contribution in [3.63, 3.8) is 0 Å². The molecule has 1 unspecified atom stereocenters. The molecule has 18 heavy (non-hydrogen) atoms. The molecule has 1 heterocycles. The number of methoxy groups -OCH3 is 1. The average Bonchev–Trinajstić information content (AvgIpc) is 2.71. The van der Waals surface area contributed by atoms with Gasteiger partial charge in [0, 0.05) is 13.5 Å². The molecule has 6 nitrogen and oxygen atoms in total. The summed E-state index contributed by atoms with van der Waals surface area (Å²) in [6.45, 7) is 7.68. The molecular weight excluding hydrogens is 236 g/mol. The Bertz CT molecular complexity index is 376. The first-order valence-corrected chi connectivity index (χ1v) is 5.88. The number of hydrogen-bond donors (Lipinski definition) is 0. The molecule has 6 heteroatoms. The summed E-state index contributed by atoms with van der Waals surface area (Å²) in [6.07, 6.45) is 0.433. The van der Waals surface area contributed by atoms with E-state index in [1.807, 2.05) is 13.8 Å². The number of carbonyl (C=O) groups is 1. The highest BCUT2D eigenvalue weighted by Crippen LogP contribution is 2.27. The van der Waals surface area contributed by atoms with E-state index >= 15 is 0 Å². The van der Waals surface area contributed by atoms with Crippen LogP contribution in [-0.2, 0) is 19.2 Å². The molecule has 0 fully saturated rings. The number of hydrogen-bond acceptors (Lipinski definition) is 6. The van der Waals surface area contributed by atoms with E-state index in [9.17, 15) is 4.79 Å². The van der Waals surface area contributed by atoms with E-state index in [-0.39, 0.29) is 5.92 Å². The van der Waals surface area contributed by atoms with Crippen molar-refractivity contribution in [3.05, 3.63) is 0 Å². The number of carbonyl (C=O) groups excluding carboxylic acids is 1. The maximum Gasteiger partial charge on any atom is 0.381 e. The van der Waals surface area contributed by atoms with E-state index in [1.165, 1.54) is 0 Å². The van der Waals surface area contributed by atoms with Gasteiger partial charge in [-0.25, -0.2) is 4.79 Å². The lowest BCUT2D eigenvalue weighted by atomic mass is 9.94. The second-order valence-corrected chi connectivity index (χ2v) is 4.87. The van der Waals surface area contributed by atoms with Gasteiger partial charge in [0.2, 0.25) is 5.60 Å². The summed E-state index contributed by atoms with van der Waals surface area (Å²) < 4.78 is 4.86. The van der Waals surface area contributed by atoms with Crippen molar-refractivity contribution < 1.29 is 19.2 Å². The van der Waals surface area contributed by atoms with Crippen molar-refractivity contribution in [1.29, 1.82) is 0 Å². The Morgan fingerprint density at radius 2 is 2.28 bits per heavy atom. The number of rotatable bonds is 5. The predicted octanol–water partition coefficient (Wildman–Crippen LogP) is 1.74. The molecule has 0 aromatic heterocycles. The molecule has 0 aliphatic carbocycles. The van der Waals surface area contributed by atoms with Gasteiger partial charge in [0.25, 0.3) is 0 Å². The van der Waals surface area contributed by atoms with E-state index in [2.05, 4.69) is 10.3 Å². The largest absolute Gasteiger partial charge is 0.381 e. The van der Waals surface area contributed by atoms with Gasteiger partial charge >= 0.3 is 5.97 Å². The van der Waals surface area contributed by atoms with Crippen LogP contribution in [0, 0.1) is 5.92 Å². The summed E-state index contributed by atoms with van der Waals surface area (Å²) in [6, 6.07) is 0. The smallest absolute Gasteiger partial charge is 0.379 e. The highest BCUT2D eigenvalue weighted by molar-refractivity contribution is 5.94. The van der Waals surface area contributed by atoms with Crippen LogP contribution < -0.4 is 0 Å². The van der Waals surface area contributed by atoms with E-state index in [0.29, 0.717) is 18.7 Å². The lowest BCUT2D eigenvalue weighted by Crippen LogP contribution is -2.37. The Morgan fingerprint density at radius 1 is 1.61 bits per heavy atom. The molecule has 1 aliphatic rings. The zero-order valence-corrected chi connectivity index (χ0v) is 11.5. The molecule has 0 saturated heterocycles. The minimum absolute atomic E-state index is 0.248. The summed E-state index contributed by atoms with van der Waals surface area (Å²) in [5, 5.41) is 7.60. The van der Waals surface area contributed by atoms with Crippen LogP contribution in [0.1, 0.15) is 34.1 Å². The van der Waals surface area contributed by atoms with Gasteiger partial charge in [0.1, 0.15) is 0 Å². The number of ether oxygens (including phenoxy) is 1. The molecule has 102 valence electrons. The maximum absolute atomic E-state index is 11.9. The van der Waals surface area contributed by atoms with Gasteiger partial charge in [-0.05, 0) is 19.8 Å². The fourth-order valence-corrected chi connectivity index (χ4v) is 1.44. The Labute approximate surface area is 107 Å². The molecule has 0 spiro atoms. The van der Waals surface area contributed by atoms with Gasteiger partial charge in [-0.2, -0.15) is 0 Å². The Hall–Kier alpha value is -1.43. The fraction of sp³-hybridized carbons (Fsp3) is 0.750. The van der Waals surface area contributed by atoms with Crippen LogP contribution in [0.5, 0.6) is 0 Å². The standard InChI is InChI=1S/C12H20N2O4/c1-8(2)10-6-12(4,18-14-10)11(15)17-13-9(3)7-16-5/h8H,6-7H2,1-5H3/b13-9+. The van der Waals surface area contributed by atoms with Crippen molar-refractivity contribution in [2.75, 3.05) is 13.7 Å². The molecule has 1 rings (SSSR count). The molecule has 0 N–H and O–H groups in total. The van der Waals surface area contributed by atoms with Gasteiger partial charge in [0.15, 0.2) is 0 Å². The summed E-state index contributed by atoms with van der Waals surface area (Å²) in [5.41, 5.74) is 0.362. The van der Waals surface area contributed by atoms with Gasteiger partial charge in [0.05, 0.1) is 18.0 Å². The van der Waals surface area contributed by atoms with Crippen LogP contribution in [0.2, 0.25) is 0 Å². The van der Waals surface area contributed by atoms with Gasteiger partial charge in [-0.1, -0.05) is 24.2 Å². The fourth-order valence-electron chi connectivity index (χ4n) is 1.44. The summed E-state index contributed by atoms with van der Waals surface area (Å²) >= 11 is 0. The zero-order valence-electron chi connectivity index (χ0n) is 11.5. The monoisotopic (exact) mass is 256 g/mol. The zero-order chi connectivity index (χ0) is 13.8. The van der Waals surface area contributed by atoms with E-state index < -0.39 is 11.6 Å². The number of nitrogens with zero attached hydrogens (tertiary/aromatic N) is 2. The molecule has 0 radical (unpaired) electrons. The molecule has 0 aromatic carbocycles. The van der Waals surface area contributed by atoms with Crippen LogP contribution in [-0.4, -0.2) is 36.7 Å². The Kier molecular flexibility index (Phi) is 4.84. The van der Waals surface area contributed by atoms with Gasteiger partial charge < -0.3 is 14.4 Å². The summed E-state index contributed by atoms with van der Waals surface area (Å²) in [5.74, 6) is -0.296.